The fourth-order valence-corrected chi connectivity index (χ4v) is 2.88. The standard InChI is InChI=1S/C11H10Br2N2S/c1-7-10(13)2-3-11(15-7)14-5-9-4-8(12)6-16-9/h2-4,6H,5H2,1H3,(H,14,15). The first-order valence-electron chi connectivity index (χ1n) is 4.75. The van der Waals surface area contributed by atoms with Crippen LogP contribution in [0.1, 0.15) is 10.6 Å². The first-order valence-corrected chi connectivity index (χ1v) is 7.21. The second-order valence-corrected chi connectivity index (χ2v) is 6.11. The van der Waals surface area contributed by atoms with Crippen molar-refractivity contribution in [1.82, 2.24) is 4.98 Å². The molecule has 2 heterocycles. The van der Waals surface area contributed by atoms with Gasteiger partial charge in [0.2, 0.25) is 0 Å². The number of hydrogen-bond acceptors (Lipinski definition) is 3. The number of nitrogens with zero attached hydrogens (tertiary/aromatic N) is 1. The van der Waals surface area contributed by atoms with Gasteiger partial charge in [-0.25, -0.2) is 4.98 Å². The minimum Gasteiger partial charge on any atom is -0.365 e. The van der Waals surface area contributed by atoms with Gasteiger partial charge in [-0.1, -0.05) is 0 Å². The fourth-order valence-electron chi connectivity index (χ4n) is 1.27. The van der Waals surface area contributed by atoms with E-state index >= 15 is 0 Å². The molecule has 0 bridgehead atoms. The molecule has 0 unspecified atom stereocenters. The van der Waals surface area contributed by atoms with Crippen LogP contribution in [0.15, 0.2) is 32.5 Å². The van der Waals surface area contributed by atoms with Crippen LogP contribution in [0.5, 0.6) is 0 Å². The number of anilines is 1. The molecule has 0 aromatic carbocycles. The lowest BCUT2D eigenvalue weighted by Crippen LogP contribution is -2.00. The van der Waals surface area contributed by atoms with Gasteiger partial charge in [0.15, 0.2) is 0 Å². The number of nitrogens with one attached hydrogen (secondary N) is 1. The summed E-state index contributed by atoms with van der Waals surface area (Å²) in [5.74, 6) is 0.908. The highest BCUT2D eigenvalue weighted by atomic mass is 79.9. The average Bonchev–Trinajstić information content (AvgIpc) is 2.66. The molecule has 0 amide bonds. The molecule has 1 N–H and O–H groups in total. The van der Waals surface area contributed by atoms with E-state index in [0.717, 1.165) is 27.0 Å². The Bertz CT molecular complexity index is 496. The van der Waals surface area contributed by atoms with Crippen LogP contribution in [-0.4, -0.2) is 4.98 Å². The summed E-state index contributed by atoms with van der Waals surface area (Å²) >= 11 is 8.60. The van der Waals surface area contributed by atoms with Gasteiger partial charge in [-0.2, -0.15) is 0 Å². The van der Waals surface area contributed by atoms with Gasteiger partial charge >= 0.3 is 0 Å². The monoisotopic (exact) mass is 360 g/mol. The van der Waals surface area contributed by atoms with E-state index in [9.17, 15) is 0 Å². The van der Waals surface area contributed by atoms with E-state index in [1.807, 2.05) is 19.1 Å². The Labute approximate surface area is 115 Å². The number of rotatable bonds is 3. The Morgan fingerprint density at radius 3 is 2.81 bits per heavy atom. The minimum absolute atomic E-state index is 0.810. The SMILES string of the molecule is Cc1nc(NCc2cc(Br)cs2)ccc1Br. The highest BCUT2D eigenvalue weighted by Gasteiger charge is 2.00. The number of aromatic nitrogens is 1. The van der Waals surface area contributed by atoms with Crippen molar-refractivity contribution < 1.29 is 0 Å². The number of halogens is 2. The fraction of sp³-hybridized carbons (Fsp3) is 0.182. The summed E-state index contributed by atoms with van der Waals surface area (Å²) in [4.78, 5) is 5.72. The molecule has 2 nitrogen and oxygen atoms in total. The van der Waals surface area contributed by atoms with Crippen LogP contribution in [0.4, 0.5) is 5.82 Å². The van der Waals surface area contributed by atoms with Crippen LogP contribution in [0.2, 0.25) is 0 Å². The maximum atomic E-state index is 4.43. The van der Waals surface area contributed by atoms with Crippen LogP contribution in [-0.2, 0) is 6.54 Å². The zero-order valence-electron chi connectivity index (χ0n) is 8.63. The molecule has 16 heavy (non-hydrogen) atoms. The highest BCUT2D eigenvalue weighted by molar-refractivity contribution is 9.10. The van der Waals surface area contributed by atoms with E-state index < -0.39 is 0 Å². The van der Waals surface area contributed by atoms with Crippen LogP contribution in [0.3, 0.4) is 0 Å². The van der Waals surface area contributed by atoms with Crippen LogP contribution in [0, 0.1) is 6.92 Å². The molecule has 0 saturated carbocycles. The van der Waals surface area contributed by atoms with Gasteiger partial charge in [0, 0.05) is 19.2 Å². The maximum Gasteiger partial charge on any atom is 0.126 e. The lowest BCUT2D eigenvalue weighted by molar-refractivity contribution is 1.10. The summed E-state index contributed by atoms with van der Waals surface area (Å²) < 4.78 is 2.17. The van der Waals surface area contributed by atoms with Gasteiger partial charge < -0.3 is 5.32 Å². The van der Waals surface area contributed by atoms with E-state index in [2.05, 4.69) is 53.6 Å². The summed E-state index contributed by atoms with van der Waals surface area (Å²) in [7, 11) is 0. The van der Waals surface area contributed by atoms with Gasteiger partial charge in [-0.15, -0.1) is 11.3 Å². The molecule has 2 aromatic rings. The summed E-state index contributed by atoms with van der Waals surface area (Å²) in [5.41, 5.74) is 0.998. The van der Waals surface area contributed by atoms with Crippen LogP contribution >= 0.6 is 43.2 Å². The molecule has 0 radical (unpaired) electrons. The third kappa shape index (κ3) is 3.06. The van der Waals surface area contributed by atoms with Gasteiger partial charge in [0.05, 0.1) is 12.2 Å². The van der Waals surface area contributed by atoms with Crippen molar-refractivity contribution >= 4 is 49.0 Å². The van der Waals surface area contributed by atoms with E-state index in [-0.39, 0.29) is 0 Å². The van der Waals surface area contributed by atoms with Crippen molar-refractivity contribution in [3.8, 4) is 0 Å². The number of aryl methyl sites for hydroxylation is 1. The van der Waals surface area contributed by atoms with Crippen molar-refractivity contribution in [3.63, 3.8) is 0 Å². The molecule has 0 aliphatic carbocycles. The van der Waals surface area contributed by atoms with Crippen molar-refractivity contribution in [3.05, 3.63) is 43.1 Å². The summed E-state index contributed by atoms with van der Waals surface area (Å²) in [6.07, 6.45) is 0. The smallest absolute Gasteiger partial charge is 0.126 e. The summed E-state index contributed by atoms with van der Waals surface area (Å²) in [6.45, 7) is 2.79. The molecule has 0 atom stereocenters. The Kier molecular flexibility index (Phi) is 4.00. The molecule has 0 spiro atoms. The number of thiophene rings is 1. The molecule has 2 aromatic heterocycles. The molecular formula is C11H10Br2N2S. The van der Waals surface area contributed by atoms with E-state index in [1.165, 1.54) is 4.88 Å². The lowest BCUT2D eigenvalue weighted by Gasteiger charge is -2.05. The maximum absolute atomic E-state index is 4.43. The largest absolute Gasteiger partial charge is 0.365 e. The second kappa shape index (κ2) is 5.29. The number of hydrogen-bond donors (Lipinski definition) is 1. The van der Waals surface area contributed by atoms with E-state index in [1.54, 1.807) is 11.3 Å². The van der Waals surface area contributed by atoms with Gasteiger partial charge in [-0.05, 0) is 57.0 Å². The first-order chi connectivity index (χ1) is 7.65. The van der Waals surface area contributed by atoms with E-state index in [4.69, 9.17) is 0 Å². The third-order valence-corrected chi connectivity index (χ3v) is 4.62. The Morgan fingerprint density at radius 2 is 2.19 bits per heavy atom. The van der Waals surface area contributed by atoms with Crippen molar-refractivity contribution in [2.45, 2.75) is 13.5 Å². The first kappa shape index (κ1) is 12.1. The predicted octanol–water partition coefficient (Wildman–Crippen LogP) is 4.59. The molecule has 0 aliphatic rings. The molecule has 2 rings (SSSR count). The van der Waals surface area contributed by atoms with Crippen molar-refractivity contribution in [1.29, 1.82) is 0 Å². The Morgan fingerprint density at radius 1 is 1.38 bits per heavy atom. The zero-order chi connectivity index (χ0) is 11.5. The van der Waals surface area contributed by atoms with Crippen LogP contribution < -0.4 is 5.32 Å². The van der Waals surface area contributed by atoms with Gasteiger partial charge in [0.1, 0.15) is 5.82 Å². The van der Waals surface area contributed by atoms with Crippen molar-refractivity contribution in [2.24, 2.45) is 0 Å². The van der Waals surface area contributed by atoms with Gasteiger partial charge in [-0.3, -0.25) is 0 Å². The third-order valence-electron chi connectivity index (χ3n) is 2.09. The molecule has 84 valence electrons. The molecule has 0 fully saturated rings. The van der Waals surface area contributed by atoms with Crippen molar-refractivity contribution in [2.75, 3.05) is 5.32 Å². The van der Waals surface area contributed by atoms with Gasteiger partial charge in [0.25, 0.3) is 0 Å². The summed E-state index contributed by atoms with van der Waals surface area (Å²) in [5, 5.41) is 5.38. The Balaban J connectivity index is 2.02. The summed E-state index contributed by atoms with van der Waals surface area (Å²) in [6, 6.07) is 6.10. The topological polar surface area (TPSA) is 24.9 Å². The quantitative estimate of drug-likeness (QED) is 0.864. The molecule has 0 aliphatic heterocycles. The average molecular weight is 362 g/mol. The molecule has 0 saturated heterocycles. The second-order valence-electron chi connectivity index (χ2n) is 3.35. The predicted molar refractivity (Wildman–Crippen MR) is 76.0 cm³/mol. The Hall–Kier alpha value is -0.390. The lowest BCUT2D eigenvalue weighted by atomic mass is 10.3. The van der Waals surface area contributed by atoms with Crippen LogP contribution in [0.25, 0.3) is 0 Å². The minimum atomic E-state index is 0.810. The van der Waals surface area contributed by atoms with E-state index in [0.29, 0.717) is 0 Å². The highest BCUT2D eigenvalue weighted by Crippen LogP contribution is 2.21. The molecular weight excluding hydrogens is 352 g/mol. The number of pyridine rings is 1. The zero-order valence-corrected chi connectivity index (χ0v) is 12.6. The normalized spacial score (nSPS) is 10.4. The molecule has 5 heteroatoms.